The van der Waals surface area contributed by atoms with Crippen molar-refractivity contribution < 1.29 is 4.79 Å². The molecule has 1 aliphatic rings. The molecule has 2 N–H and O–H groups in total. The van der Waals surface area contributed by atoms with Crippen LogP contribution in [-0.4, -0.2) is 42.0 Å². The predicted octanol–water partition coefficient (Wildman–Crippen LogP) is 3.34. The van der Waals surface area contributed by atoms with Gasteiger partial charge in [-0.1, -0.05) is 18.2 Å². The zero-order valence-corrected chi connectivity index (χ0v) is 16.7. The van der Waals surface area contributed by atoms with Gasteiger partial charge in [0.2, 0.25) is 0 Å². The molecule has 6 heteroatoms. The Kier molecular flexibility index (Phi) is 8.07. The molecule has 1 aliphatic heterocycles. The third kappa shape index (κ3) is 5.44. The summed E-state index contributed by atoms with van der Waals surface area (Å²) in [5.74, 6) is 1.71. The highest BCUT2D eigenvalue weighted by atomic mass is 35.5. The van der Waals surface area contributed by atoms with Crippen LogP contribution in [0.2, 0.25) is 0 Å². The first-order valence-electron chi connectivity index (χ1n) is 9.45. The minimum absolute atomic E-state index is 0. The topological polar surface area (TPSA) is 62.5 Å². The fourth-order valence-corrected chi connectivity index (χ4v) is 3.52. The number of piperidine rings is 1. The second-order valence-corrected chi connectivity index (χ2v) is 6.86. The number of carbonyl (C=O) groups is 1. The molecular weight excluding hydrogens is 360 g/mol. The number of nitrogens with zero attached hydrogens (tertiary/aromatic N) is 3. The summed E-state index contributed by atoms with van der Waals surface area (Å²) in [4.78, 5) is 21.6. The van der Waals surface area contributed by atoms with Crippen molar-refractivity contribution in [2.24, 2.45) is 11.7 Å². The molecule has 146 valence electrons. The van der Waals surface area contributed by atoms with Crippen LogP contribution in [0.5, 0.6) is 0 Å². The van der Waals surface area contributed by atoms with E-state index >= 15 is 0 Å². The van der Waals surface area contributed by atoms with E-state index in [9.17, 15) is 4.79 Å². The third-order valence-electron chi connectivity index (χ3n) is 5.17. The van der Waals surface area contributed by atoms with Crippen molar-refractivity contribution in [3.8, 4) is 0 Å². The fourth-order valence-electron chi connectivity index (χ4n) is 3.52. The first kappa shape index (κ1) is 21.2. The molecule has 1 amide bonds. The Bertz CT molecular complexity index is 700. The van der Waals surface area contributed by atoms with Gasteiger partial charge in [0, 0.05) is 44.5 Å². The van der Waals surface area contributed by atoms with E-state index in [1.807, 2.05) is 47.5 Å². The average Bonchev–Trinajstić information content (AvgIpc) is 2.72. The molecule has 0 unspecified atom stereocenters. The quantitative estimate of drug-likeness (QED) is 0.824. The fraction of sp³-hybridized carbons (Fsp3) is 0.429. The summed E-state index contributed by atoms with van der Waals surface area (Å²) < 4.78 is 0. The largest absolute Gasteiger partial charge is 0.357 e. The molecule has 3 rings (SSSR count). The summed E-state index contributed by atoms with van der Waals surface area (Å²) in [6, 6.07) is 13.7. The molecule has 0 saturated carbocycles. The van der Waals surface area contributed by atoms with Crippen LogP contribution < -0.4 is 10.6 Å². The Morgan fingerprint density at radius 3 is 2.44 bits per heavy atom. The van der Waals surface area contributed by atoms with Crippen LogP contribution in [0.1, 0.15) is 35.7 Å². The minimum Gasteiger partial charge on any atom is -0.357 e. The van der Waals surface area contributed by atoms with Crippen LogP contribution in [-0.2, 0) is 6.54 Å². The summed E-state index contributed by atoms with van der Waals surface area (Å²) in [6.07, 6.45) is 4.02. The van der Waals surface area contributed by atoms with Gasteiger partial charge in [0.05, 0.1) is 0 Å². The molecule has 0 atom stereocenters. The lowest BCUT2D eigenvalue weighted by Gasteiger charge is -2.35. The summed E-state index contributed by atoms with van der Waals surface area (Å²) in [7, 11) is 0. The van der Waals surface area contributed by atoms with Gasteiger partial charge in [-0.25, -0.2) is 4.98 Å². The van der Waals surface area contributed by atoms with Gasteiger partial charge < -0.3 is 15.5 Å². The predicted molar refractivity (Wildman–Crippen MR) is 112 cm³/mol. The Balaban J connectivity index is 0.00000261. The van der Waals surface area contributed by atoms with E-state index in [1.54, 1.807) is 0 Å². The van der Waals surface area contributed by atoms with E-state index in [1.165, 1.54) is 0 Å². The maximum atomic E-state index is 12.8. The number of rotatable bonds is 6. The van der Waals surface area contributed by atoms with Crippen LogP contribution in [0.25, 0.3) is 0 Å². The monoisotopic (exact) mass is 388 g/mol. The van der Waals surface area contributed by atoms with Gasteiger partial charge in [-0.05, 0) is 55.5 Å². The number of halogens is 1. The lowest BCUT2D eigenvalue weighted by atomic mass is 9.95. The van der Waals surface area contributed by atoms with Gasteiger partial charge in [-0.3, -0.25) is 4.79 Å². The van der Waals surface area contributed by atoms with Crippen LogP contribution in [0, 0.1) is 5.92 Å². The molecule has 0 spiro atoms. The first-order valence-corrected chi connectivity index (χ1v) is 9.45. The Morgan fingerprint density at radius 2 is 1.89 bits per heavy atom. The van der Waals surface area contributed by atoms with Crippen LogP contribution >= 0.6 is 12.4 Å². The van der Waals surface area contributed by atoms with Gasteiger partial charge in [0.25, 0.3) is 5.91 Å². The smallest absolute Gasteiger partial charge is 0.253 e. The minimum atomic E-state index is 0. The number of nitrogens with two attached hydrogens (primary N) is 1. The summed E-state index contributed by atoms with van der Waals surface area (Å²) in [6.45, 7) is 6.11. The second kappa shape index (κ2) is 10.3. The Hall–Kier alpha value is -2.11. The second-order valence-electron chi connectivity index (χ2n) is 6.86. The van der Waals surface area contributed by atoms with E-state index in [0.717, 1.165) is 56.0 Å². The van der Waals surface area contributed by atoms with E-state index in [2.05, 4.69) is 22.9 Å². The maximum absolute atomic E-state index is 12.8. The highest BCUT2D eigenvalue weighted by molar-refractivity contribution is 5.94. The number of benzene rings is 1. The number of hydrogen-bond acceptors (Lipinski definition) is 4. The van der Waals surface area contributed by atoms with E-state index < -0.39 is 0 Å². The lowest BCUT2D eigenvalue weighted by Crippen LogP contribution is -2.41. The van der Waals surface area contributed by atoms with Crippen molar-refractivity contribution in [2.75, 3.05) is 31.1 Å². The normalized spacial score (nSPS) is 14.5. The number of hydrogen-bond donors (Lipinski definition) is 1. The van der Waals surface area contributed by atoms with Crippen molar-refractivity contribution >= 4 is 24.1 Å². The number of aromatic nitrogens is 1. The van der Waals surface area contributed by atoms with E-state index in [4.69, 9.17) is 5.73 Å². The van der Waals surface area contributed by atoms with E-state index in [0.29, 0.717) is 12.5 Å². The molecule has 2 heterocycles. The molecule has 1 aromatic carbocycles. The molecular formula is C21H29ClN4O. The third-order valence-corrected chi connectivity index (χ3v) is 5.17. The van der Waals surface area contributed by atoms with Crippen molar-refractivity contribution in [3.63, 3.8) is 0 Å². The molecule has 1 fully saturated rings. The molecule has 1 aromatic heterocycles. The van der Waals surface area contributed by atoms with Crippen LogP contribution in [0.3, 0.4) is 0 Å². The standard InChI is InChI=1S/C21H28N4O.ClH/c1-2-24(21(26)19-8-6-17(15-22)7-9-19)16-18-10-13-25(14-11-18)20-5-3-4-12-23-20;/h3-9,12,18H,2,10-11,13-16,22H2,1H3;1H. The first-order chi connectivity index (χ1) is 12.7. The van der Waals surface area contributed by atoms with Crippen molar-refractivity contribution in [2.45, 2.75) is 26.3 Å². The molecule has 27 heavy (non-hydrogen) atoms. The van der Waals surface area contributed by atoms with Crippen molar-refractivity contribution in [3.05, 3.63) is 59.8 Å². The van der Waals surface area contributed by atoms with Crippen LogP contribution in [0.15, 0.2) is 48.7 Å². The van der Waals surface area contributed by atoms with Gasteiger partial charge in [-0.2, -0.15) is 0 Å². The average molecular weight is 389 g/mol. The van der Waals surface area contributed by atoms with Gasteiger partial charge in [-0.15, -0.1) is 12.4 Å². The summed E-state index contributed by atoms with van der Waals surface area (Å²) >= 11 is 0. The molecule has 0 radical (unpaired) electrons. The molecule has 0 bridgehead atoms. The van der Waals surface area contributed by atoms with E-state index in [-0.39, 0.29) is 18.3 Å². The van der Waals surface area contributed by atoms with Gasteiger partial charge >= 0.3 is 0 Å². The number of carbonyl (C=O) groups excluding carboxylic acids is 1. The molecule has 0 aliphatic carbocycles. The summed E-state index contributed by atoms with van der Waals surface area (Å²) in [5, 5.41) is 0. The lowest BCUT2D eigenvalue weighted by molar-refractivity contribution is 0.0729. The number of amides is 1. The van der Waals surface area contributed by atoms with Crippen molar-refractivity contribution in [1.82, 2.24) is 9.88 Å². The molecule has 1 saturated heterocycles. The molecule has 5 nitrogen and oxygen atoms in total. The van der Waals surface area contributed by atoms with Gasteiger partial charge in [0.1, 0.15) is 5.82 Å². The number of anilines is 1. The molecule has 2 aromatic rings. The Morgan fingerprint density at radius 1 is 1.19 bits per heavy atom. The summed E-state index contributed by atoms with van der Waals surface area (Å²) in [5.41, 5.74) is 7.43. The van der Waals surface area contributed by atoms with Crippen LogP contribution in [0.4, 0.5) is 5.82 Å². The SMILES string of the molecule is CCN(CC1CCN(c2ccccn2)CC1)C(=O)c1ccc(CN)cc1.Cl. The Labute approximate surface area is 168 Å². The van der Waals surface area contributed by atoms with Crippen molar-refractivity contribution in [1.29, 1.82) is 0 Å². The highest BCUT2D eigenvalue weighted by Gasteiger charge is 2.24. The zero-order chi connectivity index (χ0) is 18.4. The highest BCUT2D eigenvalue weighted by Crippen LogP contribution is 2.23. The maximum Gasteiger partial charge on any atom is 0.253 e. The zero-order valence-electron chi connectivity index (χ0n) is 15.9. The van der Waals surface area contributed by atoms with Gasteiger partial charge in [0.15, 0.2) is 0 Å². The number of pyridine rings is 1.